The number of carbonyl (C=O) groups is 1. The molecule has 28 heavy (non-hydrogen) atoms. The van der Waals surface area contributed by atoms with Gasteiger partial charge in [0.1, 0.15) is 5.75 Å². The maximum absolute atomic E-state index is 12.4. The number of aromatic nitrogens is 2. The van der Waals surface area contributed by atoms with E-state index in [2.05, 4.69) is 32.5 Å². The lowest BCUT2D eigenvalue weighted by atomic mass is 9.93. The van der Waals surface area contributed by atoms with Crippen molar-refractivity contribution in [3.63, 3.8) is 0 Å². The Labute approximate surface area is 163 Å². The van der Waals surface area contributed by atoms with Crippen molar-refractivity contribution in [2.24, 2.45) is 0 Å². The highest BCUT2D eigenvalue weighted by Gasteiger charge is 2.32. The van der Waals surface area contributed by atoms with E-state index in [9.17, 15) is 4.79 Å². The normalized spacial score (nSPS) is 16.4. The number of nitrogens with one attached hydrogen (secondary N) is 1. The first kappa shape index (κ1) is 18.2. The standard InChI is InChI=1S/C21H22N4O3/c1-22-21(26)18-11-15-5-3-4-6-16(15)12-25(18)13-19-23-20(24-28-19)14-7-9-17(27-2)10-8-14/h3-10,18H,11-13H2,1-2H3,(H,22,26)/t18-/m0/s1. The number of hydrogen-bond donors (Lipinski definition) is 1. The fraction of sp³-hybridized carbons (Fsp3) is 0.286. The molecule has 1 amide bonds. The van der Waals surface area contributed by atoms with Gasteiger partial charge in [-0.05, 0) is 41.8 Å². The average Bonchev–Trinajstić information content (AvgIpc) is 3.21. The lowest BCUT2D eigenvalue weighted by molar-refractivity contribution is -0.127. The van der Waals surface area contributed by atoms with Gasteiger partial charge in [0, 0.05) is 19.2 Å². The molecule has 1 aromatic heterocycles. The number of likely N-dealkylation sites (N-methyl/N-ethyl adjacent to an activating group) is 1. The second-order valence-corrected chi connectivity index (χ2v) is 6.75. The van der Waals surface area contributed by atoms with E-state index in [0.717, 1.165) is 11.3 Å². The van der Waals surface area contributed by atoms with Crippen LogP contribution in [0.4, 0.5) is 0 Å². The summed E-state index contributed by atoms with van der Waals surface area (Å²) < 4.78 is 10.6. The molecule has 0 saturated heterocycles. The van der Waals surface area contributed by atoms with Crippen LogP contribution in [0.5, 0.6) is 5.75 Å². The summed E-state index contributed by atoms with van der Waals surface area (Å²) in [7, 11) is 3.29. The van der Waals surface area contributed by atoms with Crippen LogP contribution in [0.3, 0.4) is 0 Å². The molecule has 0 aliphatic carbocycles. The minimum Gasteiger partial charge on any atom is -0.497 e. The zero-order valence-electron chi connectivity index (χ0n) is 15.9. The van der Waals surface area contributed by atoms with Gasteiger partial charge in [-0.25, -0.2) is 0 Å². The summed E-state index contributed by atoms with van der Waals surface area (Å²) >= 11 is 0. The molecule has 0 bridgehead atoms. The van der Waals surface area contributed by atoms with Crippen LogP contribution in [-0.4, -0.2) is 41.1 Å². The molecule has 2 heterocycles. The number of rotatable bonds is 5. The second-order valence-electron chi connectivity index (χ2n) is 6.75. The fourth-order valence-electron chi connectivity index (χ4n) is 3.52. The first-order chi connectivity index (χ1) is 13.7. The quantitative estimate of drug-likeness (QED) is 0.734. The first-order valence-corrected chi connectivity index (χ1v) is 9.17. The van der Waals surface area contributed by atoms with Crippen molar-refractivity contribution < 1.29 is 14.1 Å². The minimum absolute atomic E-state index is 0.00982. The number of methoxy groups -OCH3 is 1. The SMILES string of the molecule is CNC(=O)[C@@H]1Cc2ccccc2CN1Cc1nc(-c2ccc(OC)cc2)no1. The molecule has 2 aromatic carbocycles. The van der Waals surface area contributed by atoms with Gasteiger partial charge in [0.2, 0.25) is 17.6 Å². The summed E-state index contributed by atoms with van der Waals surface area (Å²) in [6, 6.07) is 15.4. The van der Waals surface area contributed by atoms with E-state index in [1.165, 1.54) is 11.1 Å². The number of benzene rings is 2. The summed E-state index contributed by atoms with van der Waals surface area (Å²) in [5.41, 5.74) is 3.27. The molecule has 4 rings (SSSR count). The van der Waals surface area contributed by atoms with Gasteiger partial charge in [-0.1, -0.05) is 29.4 Å². The molecule has 0 radical (unpaired) electrons. The van der Waals surface area contributed by atoms with Gasteiger partial charge in [-0.15, -0.1) is 0 Å². The number of hydrogen-bond acceptors (Lipinski definition) is 6. The Morgan fingerprint density at radius 2 is 1.96 bits per heavy atom. The van der Waals surface area contributed by atoms with E-state index in [0.29, 0.717) is 31.2 Å². The van der Waals surface area contributed by atoms with Crippen LogP contribution in [0.1, 0.15) is 17.0 Å². The van der Waals surface area contributed by atoms with Crippen molar-refractivity contribution in [2.75, 3.05) is 14.2 Å². The minimum atomic E-state index is -0.267. The van der Waals surface area contributed by atoms with Crippen LogP contribution in [0.2, 0.25) is 0 Å². The fourth-order valence-corrected chi connectivity index (χ4v) is 3.52. The van der Waals surface area contributed by atoms with Crippen molar-refractivity contribution in [2.45, 2.75) is 25.6 Å². The summed E-state index contributed by atoms with van der Waals surface area (Å²) in [5.74, 6) is 1.77. The number of ether oxygens (including phenoxy) is 1. The molecule has 1 atom stereocenters. The number of fused-ring (bicyclic) bond motifs is 1. The topological polar surface area (TPSA) is 80.5 Å². The largest absolute Gasteiger partial charge is 0.497 e. The Morgan fingerprint density at radius 3 is 2.68 bits per heavy atom. The Bertz CT molecular complexity index is 968. The molecule has 1 aliphatic heterocycles. The van der Waals surface area contributed by atoms with Gasteiger partial charge < -0.3 is 14.6 Å². The predicted molar refractivity (Wildman–Crippen MR) is 104 cm³/mol. The molecule has 1 aliphatic rings. The van der Waals surface area contributed by atoms with Crippen LogP contribution in [0.15, 0.2) is 53.1 Å². The van der Waals surface area contributed by atoms with E-state index < -0.39 is 0 Å². The van der Waals surface area contributed by atoms with Crippen molar-refractivity contribution in [1.29, 1.82) is 0 Å². The van der Waals surface area contributed by atoms with Crippen molar-refractivity contribution in [1.82, 2.24) is 20.4 Å². The van der Waals surface area contributed by atoms with Gasteiger partial charge in [0.05, 0.1) is 19.7 Å². The maximum Gasteiger partial charge on any atom is 0.241 e. The van der Waals surface area contributed by atoms with Crippen molar-refractivity contribution in [3.05, 3.63) is 65.5 Å². The number of nitrogens with zero attached hydrogens (tertiary/aromatic N) is 3. The third-order valence-corrected chi connectivity index (χ3v) is 5.05. The second kappa shape index (κ2) is 7.82. The molecule has 0 spiro atoms. The van der Waals surface area contributed by atoms with E-state index in [1.807, 2.05) is 36.4 Å². The van der Waals surface area contributed by atoms with Gasteiger partial charge >= 0.3 is 0 Å². The average molecular weight is 378 g/mol. The molecule has 7 heteroatoms. The van der Waals surface area contributed by atoms with Crippen LogP contribution >= 0.6 is 0 Å². The van der Waals surface area contributed by atoms with Crippen LogP contribution in [-0.2, 0) is 24.3 Å². The van der Waals surface area contributed by atoms with Gasteiger partial charge in [0.15, 0.2) is 0 Å². The zero-order chi connectivity index (χ0) is 19.5. The van der Waals surface area contributed by atoms with Crippen LogP contribution in [0, 0.1) is 0 Å². The van der Waals surface area contributed by atoms with Gasteiger partial charge in [-0.2, -0.15) is 4.98 Å². The third-order valence-electron chi connectivity index (χ3n) is 5.05. The van der Waals surface area contributed by atoms with Crippen molar-refractivity contribution in [3.8, 4) is 17.1 Å². The molecule has 7 nitrogen and oxygen atoms in total. The van der Waals surface area contributed by atoms with E-state index in [-0.39, 0.29) is 11.9 Å². The molecule has 0 fully saturated rings. The van der Waals surface area contributed by atoms with Crippen LogP contribution < -0.4 is 10.1 Å². The highest BCUT2D eigenvalue weighted by molar-refractivity contribution is 5.82. The van der Waals surface area contributed by atoms with Crippen LogP contribution in [0.25, 0.3) is 11.4 Å². The highest BCUT2D eigenvalue weighted by Crippen LogP contribution is 2.26. The third kappa shape index (κ3) is 3.61. The van der Waals surface area contributed by atoms with Gasteiger partial charge in [0.25, 0.3) is 0 Å². The zero-order valence-corrected chi connectivity index (χ0v) is 15.9. The molecular formula is C21H22N4O3. The molecule has 0 unspecified atom stereocenters. The lowest BCUT2D eigenvalue weighted by Gasteiger charge is -2.34. The molecule has 0 saturated carbocycles. The van der Waals surface area contributed by atoms with E-state index >= 15 is 0 Å². The molecule has 144 valence electrons. The van der Waals surface area contributed by atoms with E-state index in [4.69, 9.17) is 9.26 Å². The first-order valence-electron chi connectivity index (χ1n) is 9.17. The molecular weight excluding hydrogens is 356 g/mol. The Kier molecular flexibility index (Phi) is 5.08. The summed E-state index contributed by atoms with van der Waals surface area (Å²) in [6.45, 7) is 1.07. The van der Waals surface area contributed by atoms with Gasteiger partial charge in [-0.3, -0.25) is 9.69 Å². The van der Waals surface area contributed by atoms with E-state index in [1.54, 1.807) is 14.2 Å². The predicted octanol–water partition coefficient (Wildman–Crippen LogP) is 2.42. The Hall–Kier alpha value is -3.19. The lowest BCUT2D eigenvalue weighted by Crippen LogP contribution is -2.49. The number of amides is 1. The maximum atomic E-state index is 12.4. The Balaban J connectivity index is 1.55. The number of carbonyl (C=O) groups excluding carboxylic acids is 1. The summed E-state index contributed by atoms with van der Waals surface area (Å²) in [6.07, 6.45) is 0.662. The molecule has 1 N–H and O–H groups in total. The van der Waals surface area contributed by atoms with Crippen molar-refractivity contribution >= 4 is 5.91 Å². The monoisotopic (exact) mass is 378 g/mol. The highest BCUT2D eigenvalue weighted by atomic mass is 16.5. The summed E-state index contributed by atoms with van der Waals surface area (Å²) in [5, 5.41) is 6.85. The Morgan fingerprint density at radius 1 is 1.21 bits per heavy atom. The molecule has 3 aromatic rings. The smallest absolute Gasteiger partial charge is 0.241 e. The summed E-state index contributed by atoms with van der Waals surface area (Å²) in [4.78, 5) is 19.0.